The minimum absolute atomic E-state index is 0.0833. The van der Waals surface area contributed by atoms with Gasteiger partial charge in [0.05, 0.1) is 5.25 Å². The summed E-state index contributed by atoms with van der Waals surface area (Å²) in [4.78, 5) is 10.6. The van der Waals surface area contributed by atoms with Crippen molar-refractivity contribution in [1.29, 1.82) is 0 Å². The summed E-state index contributed by atoms with van der Waals surface area (Å²) in [6.45, 7) is 1.88. The average Bonchev–Trinajstić information content (AvgIpc) is 1.77. The first-order valence-corrected chi connectivity index (χ1v) is 3.36. The number of hydrogen-bond donors (Lipinski definition) is 1. The topological polar surface area (TPSA) is 29.1 Å². The molecule has 1 rings (SSSR count). The Hall–Kier alpha value is -0.440. The predicted molar refractivity (Wildman–Crippen MR) is 34.3 cm³/mol. The summed E-state index contributed by atoms with van der Waals surface area (Å²) in [6, 6.07) is 0. The van der Waals surface area contributed by atoms with Crippen LogP contribution in [0.25, 0.3) is 0 Å². The van der Waals surface area contributed by atoms with Gasteiger partial charge in [-0.25, -0.2) is 0 Å². The van der Waals surface area contributed by atoms with Crippen LogP contribution < -0.4 is 5.32 Å². The second-order valence-corrected chi connectivity index (χ2v) is 2.84. The van der Waals surface area contributed by atoms with Crippen molar-refractivity contribution in [1.82, 2.24) is 5.32 Å². The van der Waals surface area contributed by atoms with Gasteiger partial charge in [-0.1, -0.05) is 0 Å². The predicted octanol–water partition coefficient (Wildman–Crippen LogP) is 0.709. The van der Waals surface area contributed by atoms with Crippen molar-refractivity contribution in [3.05, 3.63) is 11.6 Å². The van der Waals surface area contributed by atoms with E-state index in [1.54, 1.807) is 6.20 Å². The third kappa shape index (κ3) is 1.04. The fraction of sp³-hybridized carbons (Fsp3) is 0.400. The van der Waals surface area contributed by atoms with Gasteiger partial charge in [0.15, 0.2) is 0 Å². The summed E-state index contributed by atoms with van der Waals surface area (Å²) < 4.78 is 0. The molecule has 0 aromatic rings. The van der Waals surface area contributed by atoms with Crippen molar-refractivity contribution < 1.29 is 4.79 Å². The lowest BCUT2D eigenvalue weighted by molar-refractivity contribution is -0.119. The Bertz CT molecular complexity index is 132. The van der Waals surface area contributed by atoms with Gasteiger partial charge in [-0.3, -0.25) is 4.79 Å². The fourth-order valence-electron chi connectivity index (χ4n) is 0.452. The summed E-state index contributed by atoms with van der Waals surface area (Å²) in [6.07, 6.45) is 1.66. The van der Waals surface area contributed by atoms with Crippen molar-refractivity contribution in [3.63, 3.8) is 0 Å². The van der Waals surface area contributed by atoms with Gasteiger partial charge in [0.25, 0.3) is 0 Å². The smallest absolute Gasteiger partial charge is 0.237 e. The Labute approximate surface area is 52.3 Å². The molecule has 0 saturated carbocycles. The van der Waals surface area contributed by atoms with Gasteiger partial charge < -0.3 is 5.32 Å². The summed E-state index contributed by atoms with van der Waals surface area (Å²) >= 11 is 1.53. The quantitative estimate of drug-likeness (QED) is 0.522. The molecule has 44 valence electrons. The summed E-state index contributed by atoms with van der Waals surface area (Å²) in [5.41, 5.74) is 0. The Balaban J connectivity index is 2.57. The van der Waals surface area contributed by atoms with E-state index in [0.29, 0.717) is 0 Å². The lowest BCUT2D eigenvalue weighted by Crippen LogP contribution is -2.28. The number of carbonyl (C=O) groups is 1. The van der Waals surface area contributed by atoms with E-state index in [0.717, 1.165) is 0 Å². The van der Waals surface area contributed by atoms with Crippen LogP contribution in [-0.2, 0) is 4.79 Å². The third-order valence-electron chi connectivity index (χ3n) is 0.946. The number of carbonyl (C=O) groups excluding carboxylic acids is 1. The molecule has 3 heteroatoms. The van der Waals surface area contributed by atoms with Crippen LogP contribution in [0.3, 0.4) is 0 Å². The first-order valence-electron chi connectivity index (χ1n) is 2.41. The molecule has 0 bridgehead atoms. The summed E-state index contributed by atoms with van der Waals surface area (Å²) in [5.74, 6) is 0.0949. The molecule has 1 aliphatic heterocycles. The van der Waals surface area contributed by atoms with Gasteiger partial charge in [-0.2, -0.15) is 0 Å². The van der Waals surface area contributed by atoms with E-state index in [2.05, 4.69) is 5.32 Å². The van der Waals surface area contributed by atoms with Crippen LogP contribution in [-0.4, -0.2) is 11.2 Å². The van der Waals surface area contributed by atoms with Crippen LogP contribution in [0.4, 0.5) is 0 Å². The van der Waals surface area contributed by atoms with Crippen LogP contribution in [0, 0.1) is 0 Å². The van der Waals surface area contributed by atoms with Crippen LogP contribution >= 0.6 is 11.8 Å². The first kappa shape index (κ1) is 5.69. The molecule has 0 fully saturated rings. The van der Waals surface area contributed by atoms with Crippen LogP contribution in [0.2, 0.25) is 0 Å². The molecule has 1 aliphatic rings. The minimum Gasteiger partial charge on any atom is -0.331 e. The van der Waals surface area contributed by atoms with Crippen LogP contribution in [0.1, 0.15) is 6.92 Å². The highest BCUT2D eigenvalue weighted by molar-refractivity contribution is 8.03. The van der Waals surface area contributed by atoms with E-state index in [9.17, 15) is 4.79 Å². The Morgan fingerprint density at radius 2 is 2.62 bits per heavy atom. The molecular weight excluding hydrogens is 122 g/mol. The largest absolute Gasteiger partial charge is 0.331 e. The zero-order valence-corrected chi connectivity index (χ0v) is 5.37. The number of amides is 1. The Morgan fingerprint density at radius 3 is 3.00 bits per heavy atom. The van der Waals surface area contributed by atoms with Gasteiger partial charge in [-0.15, -0.1) is 11.8 Å². The zero-order chi connectivity index (χ0) is 5.98. The van der Waals surface area contributed by atoms with Crippen LogP contribution in [0.5, 0.6) is 0 Å². The second kappa shape index (κ2) is 2.22. The monoisotopic (exact) mass is 129 g/mol. The van der Waals surface area contributed by atoms with E-state index >= 15 is 0 Å². The fourth-order valence-corrected chi connectivity index (χ4v) is 1.03. The molecule has 1 heterocycles. The van der Waals surface area contributed by atoms with Gasteiger partial charge in [0, 0.05) is 6.20 Å². The number of nitrogens with one attached hydrogen (secondary N) is 1. The second-order valence-electron chi connectivity index (χ2n) is 1.59. The van der Waals surface area contributed by atoms with E-state index in [4.69, 9.17) is 0 Å². The number of thioether (sulfide) groups is 1. The van der Waals surface area contributed by atoms with Crippen molar-refractivity contribution in [2.75, 3.05) is 0 Å². The van der Waals surface area contributed by atoms with E-state index in [1.165, 1.54) is 11.8 Å². The highest BCUT2D eigenvalue weighted by atomic mass is 32.2. The number of rotatable bonds is 0. The molecular formula is C5H7NOS. The van der Waals surface area contributed by atoms with Crippen molar-refractivity contribution >= 4 is 17.7 Å². The normalized spacial score (nSPS) is 27.6. The maximum Gasteiger partial charge on any atom is 0.237 e. The Kier molecular flexibility index (Phi) is 1.58. The average molecular weight is 129 g/mol. The molecule has 8 heavy (non-hydrogen) atoms. The van der Waals surface area contributed by atoms with Gasteiger partial charge in [0.2, 0.25) is 5.91 Å². The molecule has 0 radical (unpaired) electrons. The van der Waals surface area contributed by atoms with Gasteiger partial charge >= 0.3 is 0 Å². The van der Waals surface area contributed by atoms with E-state index in [-0.39, 0.29) is 11.2 Å². The van der Waals surface area contributed by atoms with E-state index in [1.807, 2.05) is 12.3 Å². The van der Waals surface area contributed by atoms with Crippen molar-refractivity contribution in [2.24, 2.45) is 0 Å². The minimum atomic E-state index is 0.0833. The lowest BCUT2D eigenvalue weighted by atomic mass is 10.4. The molecule has 1 amide bonds. The maximum atomic E-state index is 10.6. The molecule has 0 aromatic carbocycles. The molecule has 0 aromatic heterocycles. The van der Waals surface area contributed by atoms with E-state index < -0.39 is 0 Å². The number of hydrogen-bond acceptors (Lipinski definition) is 2. The summed E-state index contributed by atoms with van der Waals surface area (Å²) in [5, 5.41) is 4.56. The zero-order valence-electron chi connectivity index (χ0n) is 4.55. The van der Waals surface area contributed by atoms with Crippen molar-refractivity contribution in [3.8, 4) is 0 Å². The first-order chi connectivity index (χ1) is 3.80. The molecule has 0 aliphatic carbocycles. The SMILES string of the molecule is C[C@@H]1SC=CNC1=O. The van der Waals surface area contributed by atoms with Crippen LogP contribution in [0.15, 0.2) is 11.6 Å². The highest BCUT2D eigenvalue weighted by Gasteiger charge is 2.12. The molecule has 2 nitrogen and oxygen atoms in total. The molecule has 1 N–H and O–H groups in total. The standard InChI is InChI=1S/C5H7NOS/c1-4-5(7)6-2-3-8-4/h2-4H,1H3,(H,6,7)/t4-/m0/s1. The Morgan fingerprint density at radius 1 is 1.88 bits per heavy atom. The van der Waals surface area contributed by atoms with Crippen molar-refractivity contribution in [2.45, 2.75) is 12.2 Å². The lowest BCUT2D eigenvalue weighted by Gasteiger charge is -2.10. The third-order valence-corrected chi connectivity index (χ3v) is 1.86. The molecule has 0 spiro atoms. The summed E-state index contributed by atoms with van der Waals surface area (Å²) in [7, 11) is 0. The molecule has 0 saturated heterocycles. The van der Waals surface area contributed by atoms with Gasteiger partial charge in [0.1, 0.15) is 0 Å². The van der Waals surface area contributed by atoms with Gasteiger partial charge in [-0.05, 0) is 12.3 Å². The highest BCUT2D eigenvalue weighted by Crippen LogP contribution is 2.13. The maximum absolute atomic E-state index is 10.6. The molecule has 1 atom stereocenters. The molecule has 0 unspecified atom stereocenters.